The van der Waals surface area contributed by atoms with Crippen molar-refractivity contribution < 1.29 is 49.4 Å². The van der Waals surface area contributed by atoms with Crippen LogP contribution < -0.4 is 10.1 Å². The molecular weight excluding hydrogens is 618 g/mol. The van der Waals surface area contributed by atoms with E-state index in [4.69, 9.17) is 9.47 Å². The molecule has 0 saturated heterocycles. The summed E-state index contributed by atoms with van der Waals surface area (Å²) in [6.07, 6.45) is 0.806. The average Bonchev–Trinajstić information content (AvgIpc) is 3.05. The second-order valence-electron chi connectivity index (χ2n) is 13.2. The number of hydrogen-bond donors (Lipinski definition) is 6. The second-order valence-corrected chi connectivity index (χ2v) is 13.2. The number of nitrogens with one attached hydrogen (secondary N) is 1. The molecule has 2 aromatic carbocycles. The Balaban J connectivity index is 1.64. The lowest BCUT2D eigenvalue weighted by Gasteiger charge is -2.40. The van der Waals surface area contributed by atoms with Crippen LogP contribution in [0.3, 0.4) is 0 Å². The van der Waals surface area contributed by atoms with E-state index >= 15 is 0 Å². The van der Waals surface area contributed by atoms with Crippen molar-refractivity contribution in [3.63, 3.8) is 0 Å². The molecule has 256 valence electrons. The summed E-state index contributed by atoms with van der Waals surface area (Å²) in [5.41, 5.74) is 1.25. The molecule has 6 N–H and O–H groups in total. The molecule has 11 nitrogen and oxygen atoms in total. The minimum absolute atomic E-state index is 0.0171. The van der Waals surface area contributed by atoms with Gasteiger partial charge in [0.05, 0.1) is 31.7 Å². The van der Waals surface area contributed by atoms with Gasteiger partial charge in [-0.1, -0.05) is 17.9 Å². The fourth-order valence-electron chi connectivity index (χ4n) is 6.70. The summed E-state index contributed by atoms with van der Waals surface area (Å²) in [7, 11) is 0. The highest BCUT2D eigenvalue weighted by atomic mass is 16.6. The number of ether oxygens (including phenoxy) is 2. The van der Waals surface area contributed by atoms with Crippen molar-refractivity contribution in [2.24, 2.45) is 5.92 Å². The zero-order valence-corrected chi connectivity index (χ0v) is 27.2. The fraction of sp³-hybridized carbons (Fsp3) is 0.486. The van der Waals surface area contributed by atoms with Crippen molar-refractivity contribution in [1.29, 1.82) is 0 Å². The number of carbonyl (C=O) groups is 3. The fourth-order valence-corrected chi connectivity index (χ4v) is 6.70. The first-order chi connectivity index (χ1) is 22.9. The molecule has 11 heteroatoms. The Hall–Kier alpha value is -4.21. The van der Waals surface area contributed by atoms with E-state index in [9.17, 15) is 39.9 Å². The first-order valence-corrected chi connectivity index (χ1v) is 16.4. The van der Waals surface area contributed by atoms with E-state index in [1.165, 1.54) is 12.1 Å². The molecule has 2 aliphatic heterocycles. The van der Waals surface area contributed by atoms with Gasteiger partial charge in [-0.05, 0) is 80.0 Å². The number of carbonyl (C=O) groups excluding carboxylic acids is 3. The molecule has 0 spiro atoms. The molecular formula is C37H43NO10. The summed E-state index contributed by atoms with van der Waals surface area (Å²) >= 11 is 0. The summed E-state index contributed by atoms with van der Waals surface area (Å²) in [5.74, 6) is 3.54. The summed E-state index contributed by atoms with van der Waals surface area (Å²) in [6.45, 7) is 2.70. The number of cyclic esters (lactones) is 1. The van der Waals surface area contributed by atoms with Crippen molar-refractivity contribution in [3.05, 3.63) is 64.2 Å². The van der Waals surface area contributed by atoms with Crippen LogP contribution in [0.2, 0.25) is 0 Å². The second kappa shape index (κ2) is 14.9. The highest BCUT2D eigenvalue weighted by Gasteiger charge is 2.44. The van der Waals surface area contributed by atoms with Crippen molar-refractivity contribution in [1.82, 2.24) is 0 Å². The molecule has 48 heavy (non-hydrogen) atoms. The van der Waals surface area contributed by atoms with E-state index in [0.29, 0.717) is 53.6 Å². The van der Waals surface area contributed by atoms with Gasteiger partial charge in [0.15, 0.2) is 0 Å². The monoisotopic (exact) mass is 661 g/mol. The molecule has 5 rings (SSSR count). The van der Waals surface area contributed by atoms with Crippen LogP contribution in [-0.2, 0) is 32.1 Å². The van der Waals surface area contributed by atoms with Crippen LogP contribution in [0.4, 0.5) is 5.69 Å². The number of Topliss-reactive ketones (excluding diaryl/α,β-unsaturated/α-hetero) is 1. The topological polar surface area (TPSA) is 183 Å². The van der Waals surface area contributed by atoms with E-state index in [1.807, 2.05) is 0 Å². The minimum atomic E-state index is -1.59. The third-order valence-electron chi connectivity index (χ3n) is 9.51. The van der Waals surface area contributed by atoms with Gasteiger partial charge in [-0.3, -0.25) is 9.59 Å². The molecule has 1 fully saturated rings. The molecule has 1 aliphatic carbocycles. The van der Waals surface area contributed by atoms with E-state index in [0.717, 1.165) is 0 Å². The Morgan fingerprint density at radius 3 is 2.44 bits per heavy atom. The van der Waals surface area contributed by atoms with Gasteiger partial charge in [-0.15, -0.1) is 0 Å². The number of fused-ring (bicyclic) bond motifs is 1. The Labute approximate surface area is 279 Å². The van der Waals surface area contributed by atoms with Crippen LogP contribution >= 0.6 is 0 Å². The zero-order chi connectivity index (χ0) is 34.6. The number of phenols is 1. The maximum atomic E-state index is 14.0. The van der Waals surface area contributed by atoms with Crippen LogP contribution in [0, 0.1) is 17.8 Å². The van der Waals surface area contributed by atoms with E-state index < -0.39 is 48.2 Å². The minimum Gasteiger partial charge on any atom is -0.508 e. The van der Waals surface area contributed by atoms with Crippen molar-refractivity contribution in [2.45, 2.75) is 95.0 Å². The van der Waals surface area contributed by atoms with Crippen LogP contribution in [0.25, 0.3) is 0 Å². The van der Waals surface area contributed by atoms with Gasteiger partial charge in [0, 0.05) is 54.6 Å². The number of phenolic OH excluding ortho intramolecular Hbond substituents is 1. The smallest absolute Gasteiger partial charge is 0.334 e. The third kappa shape index (κ3) is 8.08. The lowest BCUT2D eigenvalue weighted by molar-refractivity contribution is -0.169. The van der Waals surface area contributed by atoms with Crippen molar-refractivity contribution in [2.75, 3.05) is 18.5 Å². The number of aromatic hydroxyl groups is 1. The van der Waals surface area contributed by atoms with Gasteiger partial charge in [-0.25, -0.2) is 4.79 Å². The molecule has 2 bridgehead atoms. The first kappa shape index (κ1) is 35.1. The third-order valence-corrected chi connectivity index (χ3v) is 9.51. The van der Waals surface area contributed by atoms with Gasteiger partial charge >= 0.3 is 11.9 Å². The molecule has 3 aliphatic rings. The molecule has 0 unspecified atom stereocenters. The van der Waals surface area contributed by atoms with Crippen molar-refractivity contribution in [3.8, 4) is 23.3 Å². The van der Waals surface area contributed by atoms with E-state index in [-0.39, 0.29) is 61.2 Å². The predicted molar refractivity (Wildman–Crippen MR) is 175 cm³/mol. The predicted octanol–water partition coefficient (Wildman–Crippen LogP) is 3.14. The van der Waals surface area contributed by atoms with Gasteiger partial charge in [-0.2, -0.15) is 0 Å². The SMILES string of the molecule is C[C@H](O)CNc1cc(CO)cc([C@H]2C#C[C@H]3CC(=O)Oc4cc(O)c(cc43)C[C@H]([C@@](C)(O)C3CCC(=O)CC3)OC(=O)/C(=C\CO)C2)c1. The van der Waals surface area contributed by atoms with Gasteiger partial charge in [0.25, 0.3) is 0 Å². The van der Waals surface area contributed by atoms with Gasteiger partial charge in [0.2, 0.25) is 0 Å². The van der Waals surface area contributed by atoms with E-state index in [2.05, 4.69) is 17.2 Å². The largest absolute Gasteiger partial charge is 0.508 e. The number of rotatable bonds is 8. The van der Waals surface area contributed by atoms with Crippen LogP contribution in [0.15, 0.2) is 42.0 Å². The number of ketones is 1. The quantitative estimate of drug-likeness (QED) is 0.106. The number of hydrogen-bond acceptors (Lipinski definition) is 11. The molecule has 0 radical (unpaired) electrons. The summed E-state index contributed by atoms with van der Waals surface area (Å²) in [4.78, 5) is 38.6. The molecule has 5 atom stereocenters. The average molecular weight is 662 g/mol. The maximum Gasteiger partial charge on any atom is 0.334 e. The van der Waals surface area contributed by atoms with Gasteiger partial charge < -0.3 is 40.3 Å². The Bertz CT molecular complexity index is 1640. The zero-order valence-electron chi connectivity index (χ0n) is 27.2. The Kier molecular flexibility index (Phi) is 10.9. The van der Waals surface area contributed by atoms with Crippen LogP contribution in [0.1, 0.15) is 86.5 Å². The van der Waals surface area contributed by atoms with Crippen LogP contribution in [0.5, 0.6) is 11.5 Å². The number of anilines is 1. The summed E-state index contributed by atoms with van der Waals surface area (Å²) in [6, 6.07) is 8.30. The first-order valence-electron chi connectivity index (χ1n) is 16.4. The summed E-state index contributed by atoms with van der Waals surface area (Å²) < 4.78 is 11.5. The Morgan fingerprint density at radius 1 is 1.02 bits per heavy atom. The number of aliphatic hydroxyl groups excluding tert-OH is 3. The lowest BCUT2D eigenvalue weighted by atomic mass is 9.73. The number of esters is 2. The maximum absolute atomic E-state index is 14.0. The Morgan fingerprint density at radius 2 is 1.75 bits per heavy atom. The molecule has 0 aromatic heterocycles. The molecule has 2 aromatic rings. The molecule has 2 heterocycles. The number of aliphatic hydroxyl groups is 4. The van der Waals surface area contributed by atoms with Gasteiger partial charge in [0.1, 0.15) is 29.0 Å². The molecule has 0 amide bonds. The highest BCUT2D eigenvalue weighted by molar-refractivity contribution is 5.89. The highest BCUT2D eigenvalue weighted by Crippen LogP contribution is 2.42. The van der Waals surface area contributed by atoms with Crippen LogP contribution in [-0.4, -0.2) is 74.2 Å². The van der Waals surface area contributed by atoms with E-state index in [1.54, 1.807) is 38.1 Å². The number of benzene rings is 2. The molecule has 1 saturated carbocycles. The van der Waals surface area contributed by atoms with Crippen molar-refractivity contribution >= 4 is 23.4 Å². The lowest BCUT2D eigenvalue weighted by Crippen LogP contribution is -2.50. The standard InChI is InChI=1S/C37H43NO10/c1-21(41)19-38-29-12-22(20-40)11-26(14-29)23-3-4-24-17-35(44)47-33-18-32(43)27(15-31(24)33)16-34(48-36(45)25(13-23)9-10-39)37(2,46)28-5-7-30(42)8-6-28/h9,11-12,14-15,18,21,23-24,28,34,38-41,43,46H,5-8,10,13,16-17,19-20H2,1-2H3/b25-9-/t21-,23-,24-,34+,37-/m0/s1. The normalized spacial score (nSPS) is 24.5. The summed E-state index contributed by atoms with van der Waals surface area (Å²) in [5, 5.41) is 56.0.